The van der Waals surface area contributed by atoms with Crippen LogP contribution in [0.2, 0.25) is 5.02 Å². The molecule has 2 atom stereocenters. The van der Waals surface area contributed by atoms with E-state index in [0.29, 0.717) is 40.7 Å². The Balaban J connectivity index is 1.48. The molecular weight excluding hydrogens is 554 g/mol. The van der Waals surface area contributed by atoms with Crippen LogP contribution in [0.5, 0.6) is 6.01 Å². The molecular formula is C29H29ClF2N6O3. The molecule has 1 N–H and O–H groups in total. The van der Waals surface area contributed by atoms with Gasteiger partial charge in [-0.1, -0.05) is 35.9 Å². The summed E-state index contributed by atoms with van der Waals surface area (Å²) in [7, 11) is 2.03. The molecule has 214 valence electrons. The first-order valence-corrected chi connectivity index (χ1v) is 13.9. The molecule has 1 amide bonds. The van der Waals surface area contributed by atoms with Crippen LogP contribution in [-0.4, -0.2) is 87.9 Å². The van der Waals surface area contributed by atoms with Crippen molar-refractivity contribution in [3.8, 4) is 17.3 Å². The predicted molar refractivity (Wildman–Crippen MR) is 153 cm³/mol. The van der Waals surface area contributed by atoms with Crippen molar-refractivity contribution in [1.29, 1.82) is 0 Å². The maximum Gasteiger partial charge on any atom is 0.407 e. The van der Waals surface area contributed by atoms with Gasteiger partial charge in [0.2, 0.25) is 0 Å². The lowest BCUT2D eigenvalue weighted by atomic mass is 10.0. The second-order valence-corrected chi connectivity index (χ2v) is 11.0. The first-order chi connectivity index (χ1) is 19.7. The van der Waals surface area contributed by atoms with Gasteiger partial charge in [0, 0.05) is 48.9 Å². The first kappa shape index (κ1) is 27.3. The summed E-state index contributed by atoms with van der Waals surface area (Å²) in [5, 5.41) is 10.7. The molecule has 9 nitrogen and oxygen atoms in total. The number of anilines is 1. The maximum absolute atomic E-state index is 16.5. The van der Waals surface area contributed by atoms with Crippen LogP contribution in [-0.2, 0) is 0 Å². The van der Waals surface area contributed by atoms with E-state index < -0.39 is 17.7 Å². The molecule has 0 spiro atoms. The standard InChI is InChI=1S/C29H29ClF2N6O3/c1-16-14-37(29(39)40)11-12-38(16)27-20-13-33-25(19-7-3-5-17-8-9-21(31)23(30)22(17)19)24(32)26(20)34-28(35-27)41-15-18-6-4-10-36(18)2/h3,5,7-9,13,16,18H,4,6,10-12,14-15H2,1-2H3,(H,39,40). The average molecular weight is 583 g/mol. The fourth-order valence-electron chi connectivity index (χ4n) is 5.81. The van der Waals surface area contributed by atoms with E-state index in [4.69, 9.17) is 16.3 Å². The van der Waals surface area contributed by atoms with Crippen LogP contribution in [0, 0.1) is 11.6 Å². The molecule has 0 radical (unpaired) electrons. The summed E-state index contributed by atoms with van der Waals surface area (Å²) >= 11 is 6.34. The molecule has 6 rings (SSSR count). The van der Waals surface area contributed by atoms with Gasteiger partial charge >= 0.3 is 12.1 Å². The zero-order valence-electron chi connectivity index (χ0n) is 22.6. The summed E-state index contributed by atoms with van der Waals surface area (Å²) in [5.74, 6) is -0.902. The minimum atomic E-state index is -0.990. The van der Waals surface area contributed by atoms with Gasteiger partial charge in [0.25, 0.3) is 0 Å². The SMILES string of the molecule is CC1CN(C(=O)O)CCN1c1nc(OCC2CCCN2C)nc2c(F)c(-c3cccc4ccc(F)c(Cl)c34)ncc12. The molecule has 2 aromatic carbocycles. The third-order valence-electron chi connectivity index (χ3n) is 8.08. The molecule has 2 unspecified atom stereocenters. The summed E-state index contributed by atoms with van der Waals surface area (Å²) in [6, 6.07) is 7.99. The van der Waals surface area contributed by atoms with Crippen LogP contribution in [0.4, 0.5) is 19.4 Å². The average Bonchev–Trinajstić information content (AvgIpc) is 3.38. The molecule has 41 heavy (non-hydrogen) atoms. The van der Waals surface area contributed by atoms with Gasteiger partial charge in [-0.25, -0.2) is 13.6 Å². The fraction of sp³-hybridized carbons (Fsp3) is 0.379. The van der Waals surface area contributed by atoms with E-state index in [1.54, 1.807) is 24.3 Å². The number of hydrogen-bond acceptors (Lipinski definition) is 7. The molecule has 2 aliphatic heterocycles. The Morgan fingerprint density at radius 2 is 2.00 bits per heavy atom. The lowest BCUT2D eigenvalue weighted by Crippen LogP contribution is -2.53. The van der Waals surface area contributed by atoms with Crippen LogP contribution >= 0.6 is 11.6 Å². The summed E-state index contributed by atoms with van der Waals surface area (Å²) in [6.07, 6.45) is 2.56. The Bertz CT molecular complexity index is 1660. The second-order valence-electron chi connectivity index (χ2n) is 10.6. The van der Waals surface area contributed by atoms with Gasteiger partial charge in [-0.3, -0.25) is 4.98 Å². The Hall–Kier alpha value is -3.83. The van der Waals surface area contributed by atoms with E-state index in [9.17, 15) is 14.3 Å². The number of aromatic nitrogens is 3. The zero-order valence-corrected chi connectivity index (χ0v) is 23.4. The van der Waals surface area contributed by atoms with Crippen molar-refractivity contribution in [2.45, 2.75) is 31.8 Å². The first-order valence-electron chi connectivity index (χ1n) is 13.5. The van der Waals surface area contributed by atoms with Crippen molar-refractivity contribution >= 4 is 45.2 Å². The molecule has 2 fully saturated rings. The number of carboxylic acid groups (broad SMARTS) is 1. The topological polar surface area (TPSA) is 94.9 Å². The lowest BCUT2D eigenvalue weighted by molar-refractivity contribution is 0.136. The summed E-state index contributed by atoms with van der Waals surface area (Å²) < 4.78 is 36.9. The highest BCUT2D eigenvalue weighted by molar-refractivity contribution is 6.36. The Morgan fingerprint density at radius 3 is 2.73 bits per heavy atom. The monoisotopic (exact) mass is 582 g/mol. The van der Waals surface area contributed by atoms with E-state index in [2.05, 4.69) is 19.9 Å². The Labute approximate surface area is 240 Å². The lowest BCUT2D eigenvalue weighted by Gasteiger charge is -2.39. The number of piperazine rings is 1. The maximum atomic E-state index is 16.5. The minimum absolute atomic E-state index is 0.00664. The summed E-state index contributed by atoms with van der Waals surface area (Å²) in [5.41, 5.74) is 0.322. The number of ether oxygens (including phenoxy) is 1. The molecule has 12 heteroatoms. The van der Waals surface area contributed by atoms with Crippen LogP contribution < -0.4 is 9.64 Å². The highest BCUT2D eigenvalue weighted by Crippen LogP contribution is 2.38. The number of likely N-dealkylation sites (tertiary alicyclic amines) is 1. The Kier molecular flexibility index (Phi) is 7.25. The van der Waals surface area contributed by atoms with Gasteiger partial charge in [0.15, 0.2) is 5.82 Å². The fourth-order valence-corrected chi connectivity index (χ4v) is 6.08. The second kappa shape index (κ2) is 10.9. The number of amides is 1. The zero-order chi connectivity index (χ0) is 28.8. The van der Waals surface area contributed by atoms with Crippen molar-refractivity contribution in [2.24, 2.45) is 0 Å². The van der Waals surface area contributed by atoms with Crippen molar-refractivity contribution in [3.63, 3.8) is 0 Å². The smallest absolute Gasteiger partial charge is 0.407 e. The number of hydrogen-bond donors (Lipinski definition) is 1. The summed E-state index contributed by atoms with van der Waals surface area (Å²) in [6.45, 7) is 4.09. The van der Waals surface area contributed by atoms with Gasteiger partial charge in [0.1, 0.15) is 29.5 Å². The van der Waals surface area contributed by atoms with E-state index in [-0.39, 0.29) is 47.4 Å². The number of benzene rings is 2. The quantitative estimate of drug-likeness (QED) is 0.332. The molecule has 2 saturated heterocycles. The number of rotatable bonds is 5. The third kappa shape index (κ3) is 4.97. The summed E-state index contributed by atoms with van der Waals surface area (Å²) in [4.78, 5) is 30.7. The van der Waals surface area contributed by atoms with Crippen molar-refractivity contribution in [1.82, 2.24) is 24.8 Å². The number of halogens is 3. The number of fused-ring (bicyclic) bond motifs is 2. The van der Waals surface area contributed by atoms with Crippen molar-refractivity contribution < 1.29 is 23.4 Å². The van der Waals surface area contributed by atoms with Crippen molar-refractivity contribution in [3.05, 3.63) is 53.2 Å². The van der Waals surface area contributed by atoms with Gasteiger partial charge in [-0.2, -0.15) is 9.97 Å². The largest absolute Gasteiger partial charge is 0.465 e. The van der Waals surface area contributed by atoms with Crippen LogP contribution in [0.25, 0.3) is 32.9 Å². The number of nitrogens with zero attached hydrogens (tertiary/aromatic N) is 6. The molecule has 0 aliphatic carbocycles. The minimum Gasteiger partial charge on any atom is -0.465 e. The van der Waals surface area contributed by atoms with Gasteiger partial charge in [0.05, 0.1) is 10.4 Å². The molecule has 2 aliphatic rings. The third-order valence-corrected chi connectivity index (χ3v) is 8.45. The molecule has 4 heterocycles. The number of likely N-dealkylation sites (N-methyl/N-ethyl adjacent to an activating group) is 1. The van der Waals surface area contributed by atoms with Crippen molar-refractivity contribution in [2.75, 3.05) is 44.7 Å². The normalized spacial score (nSPS) is 19.8. The van der Waals surface area contributed by atoms with E-state index in [1.165, 1.54) is 17.2 Å². The van der Waals surface area contributed by atoms with E-state index >= 15 is 4.39 Å². The van der Waals surface area contributed by atoms with Gasteiger partial charge < -0.3 is 24.5 Å². The van der Waals surface area contributed by atoms with E-state index in [1.807, 2.05) is 18.9 Å². The number of carbonyl (C=O) groups is 1. The number of pyridine rings is 1. The van der Waals surface area contributed by atoms with Crippen LogP contribution in [0.3, 0.4) is 0 Å². The highest BCUT2D eigenvalue weighted by atomic mass is 35.5. The van der Waals surface area contributed by atoms with Gasteiger partial charge in [-0.15, -0.1) is 0 Å². The van der Waals surface area contributed by atoms with Crippen LogP contribution in [0.15, 0.2) is 36.5 Å². The Morgan fingerprint density at radius 1 is 1.17 bits per heavy atom. The molecule has 0 saturated carbocycles. The predicted octanol–water partition coefficient (Wildman–Crippen LogP) is 5.44. The van der Waals surface area contributed by atoms with E-state index in [0.717, 1.165) is 19.4 Å². The van der Waals surface area contributed by atoms with Crippen LogP contribution in [0.1, 0.15) is 19.8 Å². The van der Waals surface area contributed by atoms with Gasteiger partial charge in [-0.05, 0) is 44.8 Å². The molecule has 0 bridgehead atoms. The highest BCUT2D eigenvalue weighted by Gasteiger charge is 2.31. The molecule has 2 aromatic heterocycles. The molecule has 4 aromatic rings.